The SMILES string of the molecule is CCC(C)C(N)C(=O)NC(C(=O)NC(Cc1c[nH]c2ccccc12)C(=O)NC(Cc1c[nH]c2ccccc12)C(=O)O)C(C)O. The Morgan fingerprint density at radius 1 is 0.773 bits per heavy atom. The van der Waals surface area contributed by atoms with Crippen molar-refractivity contribution in [3.63, 3.8) is 0 Å². The third kappa shape index (κ3) is 7.44. The molecule has 12 heteroatoms. The Balaban J connectivity index is 1.58. The van der Waals surface area contributed by atoms with Gasteiger partial charge in [0, 0.05) is 47.0 Å². The first kappa shape index (κ1) is 32.2. The molecule has 4 rings (SSSR count). The van der Waals surface area contributed by atoms with E-state index in [4.69, 9.17) is 5.73 Å². The fourth-order valence-corrected chi connectivity index (χ4v) is 5.15. The van der Waals surface area contributed by atoms with E-state index in [0.717, 1.165) is 21.8 Å². The van der Waals surface area contributed by atoms with Gasteiger partial charge in [-0.05, 0) is 36.1 Å². The predicted molar refractivity (Wildman–Crippen MR) is 167 cm³/mol. The number of rotatable bonds is 14. The van der Waals surface area contributed by atoms with Gasteiger partial charge in [0.2, 0.25) is 17.7 Å². The maximum absolute atomic E-state index is 13.7. The van der Waals surface area contributed by atoms with Crippen molar-refractivity contribution < 1.29 is 29.4 Å². The average molecular weight is 605 g/mol. The summed E-state index contributed by atoms with van der Waals surface area (Å²) in [5.74, 6) is -3.56. The molecule has 2 aromatic carbocycles. The van der Waals surface area contributed by atoms with Gasteiger partial charge in [-0.1, -0.05) is 56.7 Å². The second kappa shape index (κ2) is 14.2. The number of nitrogens with two attached hydrogens (primary N) is 1. The van der Waals surface area contributed by atoms with E-state index in [1.807, 2.05) is 55.5 Å². The second-order valence-electron chi connectivity index (χ2n) is 11.2. The Kier molecular flexibility index (Phi) is 10.4. The first-order valence-corrected chi connectivity index (χ1v) is 14.7. The number of carbonyl (C=O) groups is 4. The molecular formula is C32H40N6O6. The number of para-hydroxylation sites is 2. The van der Waals surface area contributed by atoms with E-state index in [0.29, 0.717) is 17.5 Å². The lowest BCUT2D eigenvalue weighted by Gasteiger charge is -2.27. The summed E-state index contributed by atoms with van der Waals surface area (Å²) >= 11 is 0. The van der Waals surface area contributed by atoms with E-state index in [2.05, 4.69) is 25.9 Å². The largest absolute Gasteiger partial charge is 0.480 e. The lowest BCUT2D eigenvalue weighted by atomic mass is 9.98. The van der Waals surface area contributed by atoms with E-state index in [9.17, 15) is 29.4 Å². The van der Waals surface area contributed by atoms with Crippen molar-refractivity contribution in [2.75, 3.05) is 0 Å². The molecule has 0 spiro atoms. The Labute approximate surface area is 254 Å². The zero-order chi connectivity index (χ0) is 32.0. The molecule has 0 aliphatic rings. The Morgan fingerprint density at radius 2 is 1.27 bits per heavy atom. The Bertz CT molecular complexity index is 1630. The van der Waals surface area contributed by atoms with Crippen LogP contribution in [0.25, 0.3) is 21.8 Å². The van der Waals surface area contributed by atoms with Gasteiger partial charge < -0.3 is 41.9 Å². The van der Waals surface area contributed by atoms with Crippen LogP contribution in [0.15, 0.2) is 60.9 Å². The van der Waals surface area contributed by atoms with Crippen LogP contribution in [0.3, 0.4) is 0 Å². The van der Waals surface area contributed by atoms with Gasteiger partial charge >= 0.3 is 5.97 Å². The van der Waals surface area contributed by atoms with E-state index in [1.54, 1.807) is 19.3 Å². The molecule has 0 saturated heterocycles. The van der Waals surface area contributed by atoms with Gasteiger partial charge in [0.05, 0.1) is 12.1 Å². The number of aliphatic hydroxyl groups is 1. The van der Waals surface area contributed by atoms with Gasteiger partial charge in [0.15, 0.2) is 0 Å². The highest BCUT2D eigenvalue weighted by Crippen LogP contribution is 2.21. The number of carboxylic acid groups (broad SMARTS) is 1. The molecular weight excluding hydrogens is 564 g/mol. The molecule has 9 N–H and O–H groups in total. The minimum atomic E-state index is -1.41. The number of hydrogen-bond donors (Lipinski definition) is 8. The number of aliphatic carboxylic acids is 1. The van der Waals surface area contributed by atoms with Crippen LogP contribution in [0.2, 0.25) is 0 Å². The highest BCUT2D eigenvalue weighted by atomic mass is 16.4. The average Bonchev–Trinajstić information content (AvgIpc) is 3.61. The van der Waals surface area contributed by atoms with Crippen LogP contribution in [0.4, 0.5) is 0 Å². The molecule has 0 fully saturated rings. The molecule has 44 heavy (non-hydrogen) atoms. The van der Waals surface area contributed by atoms with Gasteiger partial charge in [0.25, 0.3) is 0 Å². The van der Waals surface area contributed by atoms with Gasteiger partial charge in [-0.2, -0.15) is 0 Å². The number of hydrogen-bond acceptors (Lipinski definition) is 6. The van der Waals surface area contributed by atoms with Gasteiger partial charge in [-0.25, -0.2) is 4.79 Å². The number of carboxylic acids is 1. The number of fused-ring (bicyclic) bond motifs is 2. The van der Waals surface area contributed by atoms with E-state index < -0.39 is 54.0 Å². The summed E-state index contributed by atoms with van der Waals surface area (Å²) in [6.45, 7) is 5.03. The van der Waals surface area contributed by atoms with Crippen molar-refractivity contribution in [1.29, 1.82) is 0 Å². The summed E-state index contributed by atoms with van der Waals surface area (Å²) < 4.78 is 0. The molecule has 3 amide bonds. The zero-order valence-corrected chi connectivity index (χ0v) is 25.0. The van der Waals surface area contributed by atoms with E-state index in [-0.39, 0.29) is 18.8 Å². The Morgan fingerprint density at radius 3 is 1.77 bits per heavy atom. The van der Waals surface area contributed by atoms with Crippen LogP contribution in [-0.4, -0.2) is 74.1 Å². The molecule has 4 aromatic rings. The molecule has 2 aromatic heterocycles. The number of benzene rings is 2. The van der Waals surface area contributed by atoms with Gasteiger partial charge in [-0.3, -0.25) is 14.4 Å². The third-order valence-corrected chi connectivity index (χ3v) is 8.07. The van der Waals surface area contributed by atoms with Crippen molar-refractivity contribution in [2.24, 2.45) is 11.7 Å². The molecule has 0 aliphatic heterocycles. The predicted octanol–water partition coefficient (Wildman–Crippen LogP) is 1.73. The highest BCUT2D eigenvalue weighted by molar-refractivity contribution is 5.95. The minimum absolute atomic E-state index is 0.00129. The first-order chi connectivity index (χ1) is 21.0. The Hall–Kier alpha value is -4.68. The minimum Gasteiger partial charge on any atom is -0.480 e. The number of amides is 3. The lowest BCUT2D eigenvalue weighted by Crippen LogP contribution is -2.60. The number of H-pyrrole nitrogens is 2. The maximum atomic E-state index is 13.7. The van der Waals surface area contributed by atoms with Crippen LogP contribution in [0, 0.1) is 5.92 Å². The van der Waals surface area contributed by atoms with Crippen molar-refractivity contribution in [3.05, 3.63) is 72.1 Å². The topological polar surface area (TPSA) is 202 Å². The third-order valence-electron chi connectivity index (χ3n) is 8.07. The normalized spacial score (nSPS) is 15.6. The zero-order valence-electron chi connectivity index (χ0n) is 25.0. The number of aromatic amines is 2. The van der Waals surface area contributed by atoms with E-state index in [1.165, 1.54) is 6.92 Å². The highest BCUT2D eigenvalue weighted by Gasteiger charge is 2.33. The van der Waals surface area contributed by atoms with Crippen LogP contribution in [-0.2, 0) is 32.0 Å². The molecule has 12 nitrogen and oxygen atoms in total. The summed E-state index contributed by atoms with van der Waals surface area (Å²) in [6, 6.07) is 10.0. The molecule has 0 saturated carbocycles. The van der Waals surface area contributed by atoms with Crippen LogP contribution >= 0.6 is 0 Å². The second-order valence-corrected chi connectivity index (χ2v) is 11.2. The molecule has 6 unspecified atom stereocenters. The van der Waals surface area contributed by atoms with Crippen molar-refractivity contribution in [1.82, 2.24) is 25.9 Å². The summed E-state index contributed by atoms with van der Waals surface area (Å²) in [5.41, 5.74) is 9.11. The smallest absolute Gasteiger partial charge is 0.326 e. The van der Waals surface area contributed by atoms with Gasteiger partial charge in [0.1, 0.15) is 18.1 Å². The summed E-state index contributed by atoms with van der Waals surface area (Å²) in [5, 5.41) is 29.8. The molecule has 6 atom stereocenters. The molecule has 234 valence electrons. The summed E-state index contributed by atoms with van der Waals surface area (Å²) in [7, 11) is 0. The quantitative estimate of drug-likeness (QED) is 0.107. The van der Waals surface area contributed by atoms with Crippen LogP contribution < -0.4 is 21.7 Å². The lowest BCUT2D eigenvalue weighted by molar-refractivity contribution is -0.142. The fourth-order valence-electron chi connectivity index (χ4n) is 5.15. The maximum Gasteiger partial charge on any atom is 0.326 e. The van der Waals surface area contributed by atoms with Crippen LogP contribution in [0.5, 0.6) is 0 Å². The standard InChI is InChI=1S/C32H40N6O6/c1-4-17(2)27(33)30(41)38-28(18(3)39)31(42)36-25(13-19-15-34-23-11-7-5-9-21(19)23)29(40)37-26(32(43)44)14-20-16-35-24-12-8-6-10-22(20)24/h5-12,15-18,25-28,34-35,39H,4,13-14,33H2,1-3H3,(H,36,42)(H,37,40)(H,38,41)(H,43,44). The summed E-state index contributed by atoms with van der Waals surface area (Å²) in [6.07, 6.45) is 2.76. The van der Waals surface area contributed by atoms with E-state index >= 15 is 0 Å². The number of aromatic nitrogens is 2. The molecule has 0 aliphatic carbocycles. The molecule has 2 heterocycles. The number of carbonyl (C=O) groups excluding carboxylic acids is 3. The molecule has 0 radical (unpaired) electrons. The number of aliphatic hydroxyl groups excluding tert-OH is 1. The fraction of sp³-hybridized carbons (Fsp3) is 0.375. The number of nitrogens with one attached hydrogen (secondary N) is 5. The van der Waals surface area contributed by atoms with Crippen molar-refractivity contribution >= 4 is 45.5 Å². The summed E-state index contributed by atoms with van der Waals surface area (Å²) in [4.78, 5) is 58.5. The molecule has 0 bridgehead atoms. The van der Waals surface area contributed by atoms with Crippen LogP contribution in [0.1, 0.15) is 38.3 Å². The first-order valence-electron chi connectivity index (χ1n) is 14.7. The monoisotopic (exact) mass is 604 g/mol. The van der Waals surface area contributed by atoms with Crippen molar-refractivity contribution in [2.45, 2.75) is 70.3 Å². The van der Waals surface area contributed by atoms with Crippen molar-refractivity contribution in [3.8, 4) is 0 Å². The van der Waals surface area contributed by atoms with Gasteiger partial charge in [-0.15, -0.1) is 0 Å².